The summed E-state index contributed by atoms with van der Waals surface area (Å²) >= 11 is 12.1. The fourth-order valence-corrected chi connectivity index (χ4v) is 2.84. The first kappa shape index (κ1) is 18.2. The molecule has 0 aromatic heterocycles. The number of esters is 1. The van der Waals surface area contributed by atoms with Gasteiger partial charge in [-0.1, -0.05) is 36.2 Å². The van der Waals surface area contributed by atoms with Gasteiger partial charge in [-0.3, -0.25) is 0 Å². The number of allylic oxidation sites excluding steroid dienone is 2. The average molecular weight is 367 g/mol. The van der Waals surface area contributed by atoms with E-state index in [9.17, 15) is 10.1 Å². The monoisotopic (exact) mass is 366 g/mol. The summed E-state index contributed by atoms with van der Waals surface area (Å²) in [5.41, 5.74) is 6.88. The highest BCUT2D eigenvalue weighted by atomic mass is 35.5. The second kappa shape index (κ2) is 7.61. The van der Waals surface area contributed by atoms with Gasteiger partial charge in [0, 0.05) is 6.42 Å². The minimum absolute atomic E-state index is 0.0292. The van der Waals surface area contributed by atoms with Crippen LogP contribution < -0.4 is 5.73 Å². The van der Waals surface area contributed by atoms with Crippen LogP contribution in [0, 0.1) is 11.3 Å². The molecule has 0 spiro atoms. The molecule has 0 saturated carbocycles. The molecule has 126 valence electrons. The van der Waals surface area contributed by atoms with Gasteiger partial charge in [0.25, 0.3) is 0 Å². The van der Waals surface area contributed by atoms with Crippen molar-refractivity contribution in [3.05, 3.63) is 56.6 Å². The zero-order chi connectivity index (χ0) is 17.9. The molecule has 0 fully saturated rings. The van der Waals surface area contributed by atoms with Crippen LogP contribution in [0.4, 0.5) is 0 Å². The van der Waals surface area contributed by atoms with E-state index in [2.05, 4.69) is 0 Å². The van der Waals surface area contributed by atoms with E-state index >= 15 is 0 Å². The topological polar surface area (TPSA) is 85.3 Å². The summed E-state index contributed by atoms with van der Waals surface area (Å²) in [6.07, 6.45) is 0.422. The van der Waals surface area contributed by atoms with Crippen LogP contribution in [0.2, 0.25) is 10.0 Å². The first-order valence-electron chi connectivity index (χ1n) is 7.37. The maximum absolute atomic E-state index is 12.5. The van der Waals surface area contributed by atoms with Gasteiger partial charge in [-0.25, -0.2) is 4.79 Å². The van der Waals surface area contributed by atoms with Crippen LogP contribution in [0.1, 0.15) is 31.7 Å². The van der Waals surface area contributed by atoms with Gasteiger partial charge in [0.1, 0.15) is 17.4 Å². The van der Waals surface area contributed by atoms with E-state index in [-0.39, 0.29) is 23.6 Å². The lowest BCUT2D eigenvalue weighted by molar-refractivity contribution is -0.139. The molecule has 2 rings (SSSR count). The summed E-state index contributed by atoms with van der Waals surface area (Å²) < 4.78 is 10.6. The van der Waals surface area contributed by atoms with E-state index in [1.54, 1.807) is 25.1 Å². The number of benzene rings is 1. The Morgan fingerprint density at radius 2 is 2.08 bits per heavy atom. The maximum Gasteiger partial charge on any atom is 0.338 e. The Morgan fingerprint density at radius 1 is 1.38 bits per heavy atom. The second-order valence-electron chi connectivity index (χ2n) is 5.01. The fraction of sp³-hybridized carbons (Fsp3) is 0.294. The van der Waals surface area contributed by atoms with Crippen LogP contribution in [-0.4, -0.2) is 12.6 Å². The number of hydrogen-bond acceptors (Lipinski definition) is 5. The van der Waals surface area contributed by atoms with Gasteiger partial charge in [0.2, 0.25) is 5.88 Å². The number of nitriles is 1. The van der Waals surface area contributed by atoms with E-state index in [1.165, 1.54) is 0 Å². The Hall–Kier alpha value is -2.16. The summed E-state index contributed by atoms with van der Waals surface area (Å²) in [7, 11) is 0. The summed E-state index contributed by atoms with van der Waals surface area (Å²) in [6.45, 7) is 3.73. The first-order chi connectivity index (χ1) is 11.4. The lowest BCUT2D eigenvalue weighted by Gasteiger charge is -2.28. The van der Waals surface area contributed by atoms with E-state index in [0.717, 1.165) is 0 Å². The molecule has 7 heteroatoms. The number of nitrogens with zero attached hydrogens (tertiary/aromatic N) is 1. The zero-order valence-corrected chi connectivity index (χ0v) is 14.7. The van der Waals surface area contributed by atoms with Crippen LogP contribution in [0.3, 0.4) is 0 Å². The van der Waals surface area contributed by atoms with Gasteiger partial charge in [0.05, 0.1) is 28.1 Å². The molecule has 2 N–H and O–H groups in total. The largest absolute Gasteiger partial charge is 0.463 e. The van der Waals surface area contributed by atoms with Gasteiger partial charge in [0.15, 0.2) is 0 Å². The van der Waals surface area contributed by atoms with Gasteiger partial charge in [-0.15, -0.1) is 0 Å². The van der Waals surface area contributed by atoms with Crippen LogP contribution in [0.15, 0.2) is 41.0 Å². The smallest absolute Gasteiger partial charge is 0.338 e. The number of rotatable bonds is 4. The van der Waals surface area contributed by atoms with Crippen molar-refractivity contribution in [1.82, 2.24) is 0 Å². The molecule has 1 aliphatic heterocycles. The molecule has 0 unspecified atom stereocenters. The van der Waals surface area contributed by atoms with Gasteiger partial charge >= 0.3 is 5.97 Å². The first-order valence-corrected chi connectivity index (χ1v) is 8.12. The van der Waals surface area contributed by atoms with Crippen molar-refractivity contribution >= 4 is 29.2 Å². The van der Waals surface area contributed by atoms with Crippen LogP contribution in [0.5, 0.6) is 0 Å². The molecule has 5 nitrogen and oxygen atoms in total. The third-order valence-electron chi connectivity index (χ3n) is 3.59. The molecule has 1 heterocycles. The molecule has 1 aromatic rings. The Morgan fingerprint density at radius 3 is 2.62 bits per heavy atom. The highest BCUT2D eigenvalue weighted by molar-refractivity contribution is 6.42. The molecule has 1 aromatic carbocycles. The lowest BCUT2D eigenvalue weighted by atomic mass is 9.82. The lowest BCUT2D eigenvalue weighted by Crippen LogP contribution is -2.26. The molecule has 1 aliphatic rings. The number of hydrogen-bond donors (Lipinski definition) is 1. The Bertz CT molecular complexity index is 779. The quantitative estimate of drug-likeness (QED) is 0.812. The molecule has 0 aliphatic carbocycles. The number of halogens is 2. The van der Waals surface area contributed by atoms with E-state index < -0.39 is 11.9 Å². The third kappa shape index (κ3) is 3.35. The second-order valence-corrected chi connectivity index (χ2v) is 5.82. The van der Waals surface area contributed by atoms with Crippen LogP contribution >= 0.6 is 23.2 Å². The van der Waals surface area contributed by atoms with Crippen molar-refractivity contribution in [2.45, 2.75) is 26.2 Å². The minimum atomic E-state index is -0.715. The Kier molecular flexibility index (Phi) is 5.76. The SMILES string of the molecule is CCOC(=O)C1=C(CC)OC(N)=C(C#N)[C@@H]1c1ccc(Cl)c(Cl)c1. The molecule has 0 bridgehead atoms. The molecule has 1 atom stereocenters. The maximum atomic E-state index is 12.5. The van der Waals surface area contributed by atoms with Crippen molar-refractivity contribution in [3.63, 3.8) is 0 Å². The van der Waals surface area contributed by atoms with Crippen LogP contribution in [0.25, 0.3) is 0 Å². The highest BCUT2D eigenvalue weighted by Crippen LogP contribution is 2.41. The summed E-state index contributed by atoms with van der Waals surface area (Å²) in [4.78, 5) is 12.5. The van der Waals surface area contributed by atoms with Crippen molar-refractivity contribution < 1.29 is 14.3 Å². The van der Waals surface area contributed by atoms with Crippen molar-refractivity contribution in [3.8, 4) is 6.07 Å². The Labute approximate surface area is 150 Å². The van der Waals surface area contributed by atoms with Gasteiger partial charge < -0.3 is 15.2 Å². The minimum Gasteiger partial charge on any atom is -0.463 e. The highest BCUT2D eigenvalue weighted by Gasteiger charge is 2.37. The molecule has 0 radical (unpaired) electrons. The van der Waals surface area contributed by atoms with Crippen molar-refractivity contribution in [2.75, 3.05) is 6.61 Å². The summed E-state index contributed by atoms with van der Waals surface area (Å²) in [5, 5.41) is 10.2. The van der Waals surface area contributed by atoms with Crippen molar-refractivity contribution in [1.29, 1.82) is 5.26 Å². The predicted molar refractivity (Wildman–Crippen MR) is 91.1 cm³/mol. The van der Waals surface area contributed by atoms with E-state index in [0.29, 0.717) is 27.8 Å². The standard InChI is InChI=1S/C17H16Cl2N2O3/c1-3-13-15(17(22)23-4-2)14(10(8-20)16(21)24-13)9-5-6-11(18)12(19)7-9/h5-7,14H,3-4,21H2,1-2H3/t14-/m0/s1. The molecule has 24 heavy (non-hydrogen) atoms. The van der Waals surface area contributed by atoms with Gasteiger partial charge in [-0.2, -0.15) is 5.26 Å². The fourth-order valence-electron chi connectivity index (χ4n) is 2.54. The molecule has 0 saturated heterocycles. The zero-order valence-electron chi connectivity index (χ0n) is 13.2. The molecular weight excluding hydrogens is 351 g/mol. The van der Waals surface area contributed by atoms with E-state index in [4.69, 9.17) is 38.4 Å². The summed E-state index contributed by atoms with van der Waals surface area (Å²) in [6, 6.07) is 6.93. The number of carbonyl (C=O) groups is 1. The van der Waals surface area contributed by atoms with Gasteiger partial charge in [-0.05, 0) is 24.6 Å². The normalized spacial score (nSPS) is 17.4. The Balaban J connectivity index is 2.68. The predicted octanol–water partition coefficient (Wildman–Crippen LogP) is 4.03. The number of carbonyl (C=O) groups excluding carboxylic acids is 1. The van der Waals surface area contributed by atoms with E-state index in [1.807, 2.05) is 13.0 Å². The van der Waals surface area contributed by atoms with Crippen molar-refractivity contribution in [2.24, 2.45) is 5.73 Å². The molecular formula is C17H16Cl2N2O3. The van der Waals surface area contributed by atoms with Crippen LogP contribution in [-0.2, 0) is 14.3 Å². The third-order valence-corrected chi connectivity index (χ3v) is 4.33. The summed E-state index contributed by atoms with van der Waals surface area (Å²) in [5.74, 6) is -0.919. The number of ether oxygens (including phenoxy) is 2. The molecule has 0 amide bonds. The average Bonchev–Trinajstić information content (AvgIpc) is 2.56. The number of nitrogens with two attached hydrogens (primary N) is 1.